The summed E-state index contributed by atoms with van der Waals surface area (Å²) in [5.74, 6) is -0.223. The molecule has 8 nitrogen and oxygen atoms in total. The van der Waals surface area contributed by atoms with E-state index in [9.17, 15) is 13.6 Å². The smallest absolute Gasteiger partial charge is 0.280 e. The van der Waals surface area contributed by atoms with E-state index >= 15 is 0 Å². The highest BCUT2D eigenvalue weighted by atomic mass is 19.3. The molecule has 1 unspecified atom stereocenters. The fraction of sp³-hybridized carbons (Fsp3) is 0.381. The van der Waals surface area contributed by atoms with Crippen LogP contribution in [0.5, 0.6) is 5.75 Å². The molecule has 0 aliphatic carbocycles. The topological polar surface area (TPSA) is 87.0 Å². The first kappa shape index (κ1) is 21.1. The number of alkyl halides is 2. The molecule has 1 aliphatic rings. The van der Waals surface area contributed by atoms with Gasteiger partial charge in [0.2, 0.25) is 0 Å². The summed E-state index contributed by atoms with van der Waals surface area (Å²) in [5.41, 5.74) is 1.09. The van der Waals surface area contributed by atoms with Gasteiger partial charge in [-0.15, -0.1) is 0 Å². The SMILES string of the molecule is CC(C)Oc1cc2nc(C3COCCO3)cn2cc1NC(=O)c1cccc(C(F)F)n1. The predicted octanol–water partition coefficient (Wildman–Crippen LogP) is 3.79. The molecule has 3 aromatic heterocycles. The van der Waals surface area contributed by atoms with E-state index in [2.05, 4.69) is 15.3 Å². The molecule has 1 N–H and O–H groups in total. The molecular weight excluding hydrogens is 410 g/mol. The van der Waals surface area contributed by atoms with E-state index in [-0.39, 0.29) is 17.9 Å². The number of carbonyl (C=O) groups is 1. The molecule has 164 valence electrons. The summed E-state index contributed by atoms with van der Waals surface area (Å²) in [7, 11) is 0. The molecule has 1 amide bonds. The maximum Gasteiger partial charge on any atom is 0.280 e. The number of pyridine rings is 2. The number of anilines is 1. The van der Waals surface area contributed by atoms with E-state index in [0.29, 0.717) is 42.6 Å². The molecule has 0 spiro atoms. The molecule has 0 saturated carbocycles. The van der Waals surface area contributed by atoms with Crippen molar-refractivity contribution in [3.63, 3.8) is 0 Å². The van der Waals surface area contributed by atoms with Crippen molar-refractivity contribution in [2.24, 2.45) is 0 Å². The molecule has 0 radical (unpaired) electrons. The van der Waals surface area contributed by atoms with Gasteiger partial charge in [0.15, 0.2) is 0 Å². The molecule has 4 heterocycles. The van der Waals surface area contributed by atoms with Crippen LogP contribution >= 0.6 is 0 Å². The maximum atomic E-state index is 12.9. The lowest BCUT2D eigenvalue weighted by Crippen LogP contribution is -2.22. The van der Waals surface area contributed by atoms with Crippen molar-refractivity contribution >= 4 is 17.2 Å². The van der Waals surface area contributed by atoms with Gasteiger partial charge in [-0.25, -0.2) is 18.7 Å². The summed E-state index contributed by atoms with van der Waals surface area (Å²) in [4.78, 5) is 21.0. The molecule has 31 heavy (non-hydrogen) atoms. The average molecular weight is 432 g/mol. The van der Waals surface area contributed by atoms with Crippen LogP contribution in [0.2, 0.25) is 0 Å². The van der Waals surface area contributed by atoms with Crippen LogP contribution in [0, 0.1) is 0 Å². The maximum absolute atomic E-state index is 12.9. The third-order valence-corrected chi connectivity index (χ3v) is 4.56. The number of aromatic nitrogens is 3. The highest BCUT2D eigenvalue weighted by molar-refractivity contribution is 6.03. The molecule has 3 aromatic rings. The Morgan fingerprint density at radius 2 is 2.10 bits per heavy atom. The average Bonchev–Trinajstić information content (AvgIpc) is 3.17. The number of hydrogen-bond donors (Lipinski definition) is 1. The molecule has 1 saturated heterocycles. The van der Waals surface area contributed by atoms with Crippen LogP contribution in [0.3, 0.4) is 0 Å². The van der Waals surface area contributed by atoms with Gasteiger partial charge in [0.05, 0.1) is 31.6 Å². The number of carbonyl (C=O) groups excluding carboxylic acids is 1. The van der Waals surface area contributed by atoms with Crippen molar-refractivity contribution in [1.82, 2.24) is 14.4 Å². The lowest BCUT2D eigenvalue weighted by Gasteiger charge is -2.20. The molecule has 10 heteroatoms. The Kier molecular flexibility index (Phi) is 6.10. The van der Waals surface area contributed by atoms with Gasteiger partial charge in [0, 0.05) is 18.5 Å². The highest BCUT2D eigenvalue weighted by Crippen LogP contribution is 2.30. The summed E-state index contributed by atoms with van der Waals surface area (Å²) in [6.07, 6.45) is 0.242. The van der Waals surface area contributed by atoms with Crippen molar-refractivity contribution < 1.29 is 27.8 Å². The van der Waals surface area contributed by atoms with Crippen molar-refractivity contribution in [3.05, 3.63) is 53.7 Å². The van der Waals surface area contributed by atoms with E-state index in [1.807, 2.05) is 13.8 Å². The zero-order valence-electron chi connectivity index (χ0n) is 17.0. The van der Waals surface area contributed by atoms with E-state index in [1.165, 1.54) is 18.2 Å². The Bertz CT molecular complexity index is 1080. The van der Waals surface area contributed by atoms with Crippen molar-refractivity contribution in [1.29, 1.82) is 0 Å². The quantitative estimate of drug-likeness (QED) is 0.638. The summed E-state index contributed by atoms with van der Waals surface area (Å²) in [6, 6.07) is 5.61. The third-order valence-electron chi connectivity index (χ3n) is 4.56. The first-order valence-corrected chi connectivity index (χ1v) is 9.86. The largest absolute Gasteiger partial charge is 0.489 e. The zero-order chi connectivity index (χ0) is 22.0. The second-order valence-corrected chi connectivity index (χ2v) is 7.29. The van der Waals surface area contributed by atoms with E-state index in [1.54, 1.807) is 22.9 Å². The number of amides is 1. The van der Waals surface area contributed by atoms with Gasteiger partial charge in [0.25, 0.3) is 12.3 Å². The summed E-state index contributed by atoms with van der Waals surface area (Å²) >= 11 is 0. The highest BCUT2D eigenvalue weighted by Gasteiger charge is 2.21. The zero-order valence-corrected chi connectivity index (χ0v) is 17.0. The fourth-order valence-electron chi connectivity index (χ4n) is 3.18. The summed E-state index contributed by atoms with van der Waals surface area (Å²) < 4.78 is 44.6. The standard InChI is InChI=1S/C21H22F2N4O4/c1-12(2)31-17-8-19-25-16(18-11-29-6-7-30-18)10-27(19)9-15(17)26-21(28)14-5-3-4-13(24-14)20(22)23/h3-5,8-10,12,18,20H,6-7,11H2,1-2H3,(H,26,28). The van der Waals surface area contributed by atoms with Gasteiger partial charge in [-0.1, -0.05) is 6.07 Å². The van der Waals surface area contributed by atoms with Crippen LogP contribution in [0.1, 0.15) is 48.3 Å². The minimum atomic E-state index is -2.76. The lowest BCUT2D eigenvalue weighted by atomic mass is 10.2. The van der Waals surface area contributed by atoms with Crippen molar-refractivity contribution in [2.75, 3.05) is 25.1 Å². The van der Waals surface area contributed by atoms with Gasteiger partial charge < -0.3 is 23.9 Å². The Morgan fingerprint density at radius 1 is 1.26 bits per heavy atom. The lowest BCUT2D eigenvalue weighted by molar-refractivity contribution is -0.0916. The van der Waals surface area contributed by atoms with Crippen LogP contribution in [0.15, 0.2) is 36.7 Å². The Balaban J connectivity index is 1.66. The molecular formula is C21H22F2N4O4. The van der Waals surface area contributed by atoms with Gasteiger partial charge in [0.1, 0.15) is 34.6 Å². The monoisotopic (exact) mass is 432 g/mol. The number of hydrogen-bond acceptors (Lipinski definition) is 6. The molecule has 1 atom stereocenters. The first-order chi connectivity index (χ1) is 14.9. The van der Waals surface area contributed by atoms with E-state index in [4.69, 9.17) is 14.2 Å². The third kappa shape index (κ3) is 4.80. The number of nitrogens with one attached hydrogen (secondary N) is 1. The van der Waals surface area contributed by atoms with Crippen LogP contribution in [0.25, 0.3) is 5.65 Å². The van der Waals surface area contributed by atoms with E-state index in [0.717, 1.165) is 0 Å². The second-order valence-electron chi connectivity index (χ2n) is 7.29. The predicted molar refractivity (Wildman–Crippen MR) is 108 cm³/mol. The van der Waals surface area contributed by atoms with Gasteiger partial charge in [-0.05, 0) is 26.0 Å². The fourth-order valence-corrected chi connectivity index (χ4v) is 3.18. The summed E-state index contributed by atoms with van der Waals surface area (Å²) in [5, 5.41) is 2.70. The number of halogens is 2. The van der Waals surface area contributed by atoms with Crippen LogP contribution in [0.4, 0.5) is 14.5 Å². The van der Waals surface area contributed by atoms with Gasteiger partial charge in [-0.3, -0.25) is 4.79 Å². The van der Waals surface area contributed by atoms with Crippen LogP contribution in [-0.2, 0) is 9.47 Å². The normalized spacial score (nSPS) is 16.8. The Labute approximate surface area is 177 Å². The Morgan fingerprint density at radius 3 is 2.81 bits per heavy atom. The van der Waals surface area contributed by atoms with E-state index < -0.39 is 18.0 Å². The van der Waals surface area contributed by atoms with Gasteiger partial charge >= 0.3 is 0 Å². The molecule has 1 aliphatic heterocycles. The van der Waals surface area contributed by atoms with Crippen molar-refractivity contribution in [2.45, 2.75) is 32.5 Å². The minimum absolute atomic E-state index is 0.118. The molecule has 4 rings (SSSR count). The molecule has 0 aromatic carbocycles. The van der Waals surface area contributed by atoms with Crippen molar-refractivity contribution in [3.8, 4) is 5.75 Å². The molecule has 0 bridgehead atoms. The number of nitrogens with zero attached hydrogens (tertiary/aromatic N) is 3. The van der Waals surface area contributed by atoms with Gasteiger partial charge in [-0.2, -0.15) is 0 Å². The second kappa shape index (κ2) is 8.94. The number of ether oxygens (including phenoxy) is 3. The molecule has 1 fully saturated rings. The number of fused-ring (bicyclic) bond motifs is 1. The summed E-state index contributed by atoms with van der Waals surface area (Å²) in [6.45, 7) is 5.16. The first-order valence-electron chi connectivity index (χ1n) is 9.86. The number of imidazole rings is 1. The number of rotatable bonds is 6. The minimum Gasteiger partial charge on any atom is -0.489 e. The Hall–Kier alpha value is -3.11. The van der Waals surface area contributed by atoms with Crippen LogP contribution < -0.4 is 10.1 Å². The van der Waals surface area contributed by atoms with Crippen LogP contribution in [-0.4, -0.2) is 46.2 Å².